The zero-order chi connectivity index (χ0) is 22.0. The normalized spacial score (nSPS) is 11.4. The van der Waals surface area contributed by atoms with Crippen molar-refractivity contribution in [1.29, 1.82) is 0 Å². The number of ketones is 1. The van der Waals surface area contributed by atoms with Crippen molar-refractivity contribution < 1.29 is 22.3 Å². The van der Waals surface area contributed by atoms with Crippen LogP contribution in [0.4, 0.5) is 4.39 Å². The lowest BCUT2D eigenvalue weighted by atomic mass is 10.0. The van der Waals surface area contributed by atoms with Crippen molar-refractivity contribution in [1.82, 2.24) is 4.98 Å². The van der Waals surface area contributed by atoms with E-state index < -0.39 is 21.4 Å². The summed E-state index contributed by atoms with van der Waals surface area (Å²) >= 11 is 0. The summed E-state index contributed by atoms with van der Waals surface area (Å²) in [4.78, 5) is 17.3. The SMILES string of the molecule is CCOc1ccc(C(=O)c2cnc3ccc(F)cc3c2S(=O)(=O)c2ccccc2)cc1. The third-order valence-corrected chi connectivity index (χ3v) is 6.65. The number of ether oxygens (including phenoxy) is 1. The minimum Gasteiger partial charge on any atom is -0.494 e. The summed E-state index contributed by atoms with van der Waals surface area (Å²) in [5.74, 6) is -0.560. The average Bonchev–Trinajstić information content (AvgIpc) is 2.79. The second-order valence-corrected chi connectivity index (χ2v) is 8.65. The number of pyridine rings is 1. The molecule has 0 amide bonds. The van der Waals surface area contributed by atoms with Gasteiger partial charge in [0, 0.05) is 17.1 Å². The highest BCUT2D eigenvalue weighted by atomic mass is 32.2. The maximum Gasteiger partial charge on any atom is 0.208 e. The van der Waals surface area contributed by atoms with Crippen LogP contribution in [0.1, 0.15) is 22.8 Å². The molecule has 0 spiro atoms. The molecule has 0 radical (unpaired) electrons. The summed E-state index contributed by atoms with van der Waals surface area (Å²) in [6, 6.07) is 17.8. The second-order valence-electron chi connectivity index (χ2n) is 6.77. The third kappa shape index (κ3) is 3.92. The number of aromatic nitrogens is 1. The molecule has 156 valence electrons. The zero-order valence-electron chi connectivity index (χ0n) is 16.6. The maximum atomic E-state index is 14.1. The number of sulfone groups is 1. The molecule has 7 heteroatoms. The minimum atomic E-state index is -4.13. The van der Waals surface area contributed by atoms with Crippen LogP contribution in [0.5, 0.6) is 5.75 Å². The Bertz CT molecular complexity index is 1370. The van der Waals surface area contributed by atoms with Crippen molar-refractivity contribution in [2.45, 2.75) is 16.7 Å². The molecule has 0 aliphatic heterocycles. The highest BCUT2D eigenvalue weighted by Gasteiger charge is 2.28. The molecule has 3 aromatic carbocycles. The van der Waals surface area contributed by atoms with Crippen LogP contribution in [0.3, 0.4) is 0 Å². The standard InChI is InChI=1S/C24H18FNO4S/c1-2-30-18-11-8-16(9-12-18)23(27)21-15-26-22-13-10-17(25)14-20(22)24(21)31(28,29)19-6-4-3-5-7-19/h3-15H,2H2,1H3. The summed E-state index contributed by atoms with van der Waals surface area (Å²) in [7, 11) is -4.13. The Balaban J connectivity index is 1.95. The van der Waals surface area contributed by atoms with Crippen LogP contribution in [0, 0.1) is 5.82 Å². The number of rotatable bonds is 6. The Morgan fingerprint density at radius 1 is 1.00 bits per heavy atom. The predicted octanol–water partition coefficient (Wildman–Crippen LogP) is 4.84. The molecule has 0 saturated heterocycles. The lowest BCUT2D eigenvalue weighted by Gasteiger charge is -2.13. The van der Waals surface area contributed by atoms with Crippen molar-refractivity contribution in [3.05, 3.63) is 95.9 Å². The molecule has 1 aromatic heterocycles. The van der Waals surface area contributed by atoms with Crippen molar-refractivity contribution in [2.75, 3.05) is 6.61 Å². The number of carbonyl (C=O) groups excluding carboxylic acids is 1. The van der Waals surface area contributed by atoms with E-state index in [2.05, 4.69) is 4.98 Å². The van der Waals surface area contributed by atoms with Gasteiger partial charge in [-0.3, -0.25) is 9.78 Å². The molecular formula is C24H18FNO4S. The largest absolute Gasteiger partial charge is 0.494 e. The van der Waals surface area contributed by atoms with Gasteiger partial charge in [-0.05, 0) is 61.5 Å². The summed E-state index contributed by atoms with van der Waals surface area (Å²) in [6.45, 7) is 2.33. The molecule has 0 N–H and O–H groups in total. The first-order chi connectivity index (χ1) is 14.9. The van der Waals surface area contributed by atoms with Crippen LogP contribution in [-0.4, -0.2) is 25.8 Å². The first kappa shape index (κ1) is 20.7. The van der Waals surface area contributed by atoms with Gasteiger partial charge in [0.2, 0.25) is 9.84 Å². The molecule has 0 atom stereocenters. The summed E-state index contributed by atoms with van der Waals surface area (Å²) in [6.07, 6.45) is 1.23. The Labute approximate surface area is 179 Å². The van der Waals surface area contributed by atoms with Gasteiger partial charge in [0.1, 0.15) is 11.6 Å². The van der Waals surface area contributed by atoms with Gasteiger partial charge in [0.05, 0.1) is 27.5 Å². The number of hydrogen-bond acceptors (Lipinski definition) is 5. The highest BCUT2D eigenvalue weighted by Crippen LogP contribution is 2.32. The van der Waals surface area contributed by atoms with Crippen LogP contribution in [-0.2, 0) is 9.84 Å². The molecule has 1 heterocycles. The molecule has 0 unspecified atom stereocenters. The Hall–Kier alpha value is -3.58. The Morgan fingerprint density at radius 2 is 1.71 bits per heavy atom. The van der Waals surface area contributed by atoms with Gasteiger partial charge in [0.25, 0.3) is 0 Å². The molecule has 0 bridgehead atoms. The molecule has 4 aromatic rings. The van der Waals surface area contributed by atoms with E-state index in [-0.39, 0.29) is 31.8 Å². The lowest BCUT2D eigenvalue weighted by Crippen LogP contribution is -2.13. The number of carbonyl (C=O) groups is 1. The fourth-order valence-electron chi connectivity index (χ4n) is 3.33. The first-order valence-electron chi connectivity index (χ1n) is 9.58. The lowest BCUT2D eigenvalue weighted by molar-refractivity contribution is 0.103. The van der Waals surface area contributed by atoms with Gasteiger partial charge in [-0.25, -0.2) is 12.8 Å². The maximum absolute atomic E-state index is 14.1. The van der Waals surface area contributed by atoms with Gasteiger partial charge in [-0.15, -0.1) is 0 Å². The van der Waals surface area contributed by atoms with Crippen molar-refractivity contribution in [2.24, 2.45) is 0 Å². The van der Waals surface area contributed by atoms with Crippen LogP contribution < -0.4 is 4.74 Å². The average molecular weight is 435 g/mol. The van der Waals surface area contributed by atoms with Gasteiger partial charge in [0.15, 0.2) is 5.78 Å². The van der Waals surface area contributed by atoms with E-state index in [0.717, 1.165) is 6.07 Å². The molecular weight excluding hydrogens is 417 g/mol. The van der Waals surface area contributed by atoms with E-state index in [9.17, 15) is 17.6 Å². The second kappa shape index (κ2) is 8.28. The van der Waals surface area contributed by atoms with Crippen molar-refractivity contribution in [3.63, 3.8) is 0 Å². The zero-order valence-corrected chi connectivity index (χ0v) is 17.4. The topological polar surface area (TPSA) is 73.3 Å². The van der Waals surface area contributed by atoms with Crippen LogP contribution >= 0.6 is 0 Å². The van der Waals surface area contributed by atoms with E-state index in [4.69, 9.17) is 4.74 Å². The molecule has 0 aliphatic carbocycles. The first-order valence-corrected chi connectivity index (χ1v) is 11.1. The van der Waals surface area contributed by atoms with Crippen molar-refractivity contribution >= 4 is 26.5 Å². The Kier molecular flexibility index (Phi) is 5.52. The smallest absolute Gasteiger partial charge is 0.208 e. The molecule has 0 aliphatic rings. The molecule has 0 fully saturated rings. The summed E-state index contributed by atoms with van der Waals surface area (Å²) in [5, 5.41) is 0.0561. The van der Waals surface area contributed by atoms with Crippen LogP contribution in [0.2, 0.25) is 0 Å². The molecule has 31 heavy (non-hydrogen) atoms. The highest BCUT2D eigenvalue weighted by molar-refractivity contribution is 7.91. The predicted molar refractivity (Wildman–Crippen MR) is 115 cm³/mol. The summed E-state index contributed by atoms with van der Waals surface area (Å²) in [5.41, 5.74) is 0.427. The van der Waals surface area contributed by atoms with E-state index in [1.807, 2.05) is 6.92 Å². The summed E-state index contributed by atoms with van der Waals surface area (Å²) < 4.78 is 46.5. The van der Waals surface area contributed by atoms with Crippen LogP contribution in [0.25, 0.3) is 10.9 Å². The van der Waals surface area contributed by atoms with Gasteiger partial charge in [-0.1, -0.05) is 18.2 Å². The molecule has 5 nitrogen and oxygen atoms in total. The van der Waals surface area contributed by atoms with E-state index in [1.54, 1.807) is 42.5 Å². The van der Waals surface area contributed by atoms with E-state index >= 15 is 0 Å². The van der Waals surface area contributed by atoms with Crippen LogP contribution in [0.15, 0.2) is 88.8 Å². The fourth-order valence-corrected chi connectivity index (χ4v) is 4.97. The quantitative estimate of drug-likeness (QED) is 0.405. The number of fused-ring (bicyclic) bond motifs is 1. The number of nitrogens with zero attached hydrogens (tertiary/aromatic N) is 1. The van der Waals surface area contributed by atoms with Gasteiger partial charge < -0.3 is 4.74 Å². The number of halogens is 1. The number of hydrogen-bond donors (Lipinski definition) is 0. The number of benzene rings is 3. The van der Waals surface area contributed by atoms with Gasteiger partial charge in [-0.2, -0.15) is 0 Å². The van der Waals surface area contributed by atoms with Gasteiger partial charge >= 0.3 is 0 Å². The Morgan fingerprint density at radius 3 is 2.39 bits per heavy atom. The fraction of sp³-hybridized carbons (Fsp3) is 0.0833. The molecule has 4 rings (SSSR count). The van der Waals surface area contributed by atoms with E-state index in [0.29, 0.717) is 12.4 Å². The van der Waals surface area contributed by atoms with E-state index in [1.165, 1.54) is 30.5 Å². The third-order valence-electron chi connectivity index (χ3n) is 4.77. The minimum absolute atomic E-state index is 0.00695. The molecule has 0 saturated carbocycles. The van der Waals surface area contributed by atoms with Crippen molar-refractivity contribution in [3.8, 4) is 5.75 Å². The monoisotopic (exact) mass is 435 g/mol.